The lowest BCUT2D eigenvalue weighted by Gasteiger charge is -2.31. The summed E-state index contributed by atoms with van der Waals surface area (Å²) in [5.74, 6) is 0.156. The molecule has 0 fully saturated rings. The number of rotatable bonds is 7. The zero-order chi connectivity index (χ0) is 21.6. The minimum Gasteiger partial charge on any atom is -0.484 e. The molecule has 156 valence electrons. The quantitative estimate of drug-likeness (QED) is 0.729. The molecule has 0 bridgehead atoms. The molecule has 2 amide bonds. The van der Waals surface area contributed by atoms with Gasteiger partial charge in [0.25, 0.3) is 5.91 Å². The molecule has 2 rings (SSSR count). The number of ether oxygens (including phenoxy) is 1. The van der Waals surface area contributed by atoms with E-state index in [1.165, 1.54) is 4.90 Å². The zero-order valence-electron chi connectivity index (χ0n) is 17.7. The molecule has 1 N–H and O–H groups in total. The van der Waals surface area contributed by atoms with E-state index in [9.17, 15) is 9.59 Å². The number of amides is 2. The van der Waals surface area contributed by atoms with Crippen molar-refractivity contribution in [3.8, 4) is 5.75 Å². The van der Waals surface area contributed by atoms with Crippen molar-refractivity contribution in [1.82, 2.24) is 10.2 Å². The van der Waals surface area contributed by atoms with Gasteiger partial charge in [0.15, 0.2) is 6.61 Å². The first-order valence-corrected chi connectivity index (χ1v) is 9.99. The lowest BCUT2D eigenvalue weighted by molar-refractivity contribution is -0.142. The molecule has 0 aliphatic rings. The lowest BCUT2D eigenvalue weighted by Crippen LogP contribution is -2.53. The number of halogens is 1. The summed E-state index contributed by atoms with van der Waals surface area (Å²) in [6, 6.07) is 14.1. The Kier molecular flexibility index (Phi) is 7.68. The molecule has 0 saturated carbocycles. The second-order valence-electron chi connectivity index (χ2n) is 8.12. The van der Waals surface area contributed by atoms with E-state index in [1.54, 1.807) is 19.1 Å². The van der Waals surface area contributed by atoms with Gasteiger partial charge in [0.2, 0.25) is 5.91 Å². The first-order chi connectivity index (χ1) is 13.6. The van der Waals surface area contributed by atoms with Gasteiger partial charge in [-0.3, -0.25) is 9.59 Å². The first kappa shape index (κ1) is 22.8. The SMILES string of the molecule is Cc1ccccc1OCC(=O)N(Cc1cccc(Cl)c1)C(C)C(=O)NC(C)(C)C. The van der Waals surface area contributed by atoms with Crippen LogP contribution in [0.2, 0.25) is 5.02 Å². The van der Waals surface area contributed by atoms with Crippen molar-refractivity contribution in [3.05, 3.63) is 64.7 Å². The van der Waals surface area contributed by atoms with Crippen molar-refractivity contribution in [2.24, 2.45) is 0 Å². The molecule has 2 aromatic carbocycles. The van der Waals surface area contributed by atoms with E-state index in [0.29, 0.717) is 10.8 Å². The maximum Gasteiger partial charge on any atom is 0.261 e. The number of aryl methyl sites for hydroxylation is 1. The summed E-state index contributed by atoms with van der Waals surface area (Å²) in [6.45, 7) is 9.46. The van der Waals surface area contributed by atoms with E-state index in [1.807, 2.05) is 64.1 Å². The van der Waals surface area contributed by atoms with Gasteiger partial charge < -0.3 is 15.0 Å². The fourth-order valence-electron chi connectivity index (χ4n) is 2.83. The third-order valence-electron chi connectivity index (χ3n) is 4.35. The molecule has 0 aromatic heterocycles. The topological polar surface area (TPSA) is 58.6 Å². The number of benzene rings is 2. The summed E-state index contributed by atoms with van der Waals surface area (Å²) >= 11 is 6.09. The average Bonchev–Trinajstić information content (AvgIpc) is 2.63. The third kappa shape index (κ3) is 7.09. The normalized spacial score (nSPS) is 12.2. The Labute approximate surface area is 178 Å². The molecule has 0 aliphatic heterocycles. The summed E-state index contributed by atoms with van der Waals surface area (Å²) in [5.41, 5.74) is 1.39. The van der Waals surface area contributed by atoms with Crippen LogP contribution in [-0.4, -0.2) is 34.9 Å². The van der Waals surface area contributed by atoms with E-state index in [0.717, 1.165) is 11.1 Å². The molecule has 2 aromatic rings. The highest BCUT2D eigenvalue weighted by molar-refractivity contribution is 6.30. The predicted molar refractivity (Wildman–Crippen MR) is 116 cm³/mol. The minimum absolute atomic E-state index is 0.154. The van der Waals surface area contributed by atoms with Crippen molar-refractivity contribution < 1.29 is 14.3 Å². The highest BCUT2D eigenvalue weighted by Gasteiger charge is 2.28. The second kappa shape index (κ2) is 9.79. The summed E-state index contributed by atoms with van der Waals surface area (Å²) in [5, 5.41) is 3.52. The molecule has 5 nitrogen and oxygen atoms in total. The average molecular weight is 417 g/mol. The van der Waals surface area contributed by atoms with Crippen molar-refractivity contribution in [2.45, 2.75) is 52.7 Å². The maximum absolute atomic E-state index is 13.0. The molecule has 0 spiro atoms. The largest absolute Gasteiger partial charge is 0.484 e. The maximum atomic E-state index is 13.0. The number of carbonyl (C=O) groups excluding carboxylic acids is 2. The number of carbonyl (C=O) groups is 2. The van der Waals surface area contributed by atoms with Gasteiger partial charge in [-0.1, -0.05) is 41.9 Å². The Hall–Kier alpha value is -2.53. The Morgan fingerprint density at radius 2 is 1.83 bits per heavy atom. The highest BCUT2D eigenvalue weighted by atomic mass is 35.5. The molecule has 1 unspecified atom stereocenters. The van der Waals surface area contributed by atoms with Crippen molar-refractivity contribution in [1.29, 1.82) is 0 Å². The Balaban J connectivity index is 2.19. The van der Waals surface area contributed by atoms with Gasteiger partial charge in [-0.2, -0.15) is 0 Å². The first-order valence-electron chi connectivity index (χ1n) is 9.61. The van der Waals surface area contributed by atoms with E-state index >= 15 is 0 Å². The van der Waals surface area contributed by atoms with Crippen LogP contribution in [0.5, 0.6) is 5.75 Å². The Morgan fingerprint density at radius 1 is 1.14 bits per heavy atom. The highest BCUT2D eigenvalue weighted by Crippen LogP contribution is 2.18. The molecular weight excluding hydrogens is 388 g/mol. The Morgan fingerprint density at radius 3 is 2.45 bits per heavy atom. The summed E-state index contributed by atoms with van der Waals surface area (Å²) in [7, 11) is 0. The molecule has 6 heteroatoms. The fraction of sp³-hybridized carbons (Fsp3) is 0.391. The third-order valence-corrected chi connectivity index (χ3v) is 4.59. The number of para-hydroxylation sites is 1. The van der Waals surface area contributed by atoms with Gasteiger partial charge in [0.05, 0.1) is 0 Å². The zero-order valence-corrected chi connectivity index (χ0v) is 18.4. The number of nitrogens with one attached hydrogen (secondary N) is 1. The van der Waals surface area contributed by atoms with Crippen LogP contribution < -0.4 is 10.1 Å². The van der Waals surface area contributed by atoms with Gasteiger partial charge in [-0.15, -0.1) is 0 Å². The summed E-state index contributed by atoms with van der Waals surface area (Å²) < 4.78 is 5.72. The van der Waals surface area contributed by atoms with Crippen molar-refractivity contribution in [3.63, 3.8) is 0 Å². The molecule has 0 aliphatic carbocycles. The lowest BCUT2D eigenvalue weighted by atomic mass is 10.1. The number of hydrogen-bond donors (Lipinski definition) is 1. The monoisotopic (exact) mass is 416 g/mol. The van der Waals surface area contributed by atoms with Crippen LogP contribution in [0.25, 0.3) is 0 Å². The Bertz CT molecular complexity index is 861. The molecule has 29 heavy (non-hydrogen) atoms. The van der Waals surface area contributed by atoms with Crippen molar-refractivity contribution in [2.75, 3.05) is 6.61 Å². The number of hydrogen-bond acceptors (Lipinski definition) is 3. The van der Waals surface area contributed by atoms with Gasteiger partial charge in [-0.25, -0.2) is 0 Å². The van der Waals surface area contributed by atoms with Crippen LogP contribution >= 0.6 is 11.6 Å². The molecule has 0 heterocycles. The molecule has 0 radical (unpaired) electrons. The molecular formula is C23H29ClN2O3. The van der Waals surface area contributed by atoms with E-state index in [2.05, 4.69) is 5.32 Å². The smallest absolute Gasteiger partial charge is 0.261 e. The van der Waals surface area contributed by atoms with Gasteiger partial charge in [0, 0.05) is 17.1 Å². The second-order valence-corrected chi connectivity index (χ2v) is 8.56. The van der Waals surface area contributed by atoms with Crippen LogP contribution in [0.15, 0.2) is 48.5 Å². The van der Waals surface area contributed by atoms with Crippen LogP contribution in [0.3, 0.4) is 0 Å². The van der Waals surface area contributed by atoms with Crippen LogP contribution in [-0.2, 0) is 16.1 Å². The molecule has 0 saturated heterocycles. The van der Waals surface area contributed by atoms with Gasteiger partial charge >= 0.3 is 0 Å². The van der Waals surface area contributed by atoms with Crippen LogP contribution in [0, 0.1) is 6.92 Å². The predicted octanol–water partition coefficient (Wildman–Crippen LogP) is 4.36. The van der Waals surface area contributed by atoms with Gasteiger partial charge in [-0.05, 0) is 63.9 Å². The van der Waals surface area contributed by atoms with Gasteiger partial charge in [0.1, 0.15) is 11.8 Å². The molecule has 1 atom stereocenters. The summed E-state index contributed by atoms with van der Waals surface area (Å²) in [6.07, 6.45) is 0. The van der Waals surface area contributed by atoms with Crippen LogP contribution in [0.4, 0.5) is 0 Å². The minimum atomic E-state index is -0.666. The summed E-state index contributed by atoms with van der Waals surface area (Å²) in [4.78, 5) is 27.3. The van der Waals surface area contributed by atoms with Crippen molar-refractivity contribution >= 4 is 23.4 Å². The van der Waals surface area contributed by atoms with E-state index in [4.69, 9.17) is 16.3 Å². The van der Waals surface area contributed by atoms with E-state index < -0.39 is 11.6 Å². The van der Waals surface area contributed by atoms with E-state index in [-0.39, 0.29) is 25.0 Å². The van der Waals surface area contributed by atoms with Crippen LogP contribution in [0.1, 0.15) is 38.8 Å². The fourth-order valence-corrected chi connectivity index (χ4v) is 3.04. The standard InChI is InChI=1S/C23H29ClN2O3/c1-16-9-6-7-12-20(16)29-15-21(27)26(14-18-10-8-11-19(24)13-18)17(2)22(28)25-23(3,4)5/h6-13,17H,14-15H2,1-5H3,(H,25,28). The number of nitrogens with zero attached hydrogens (tertiary/aromatic N) is 1.